The molecule has 0 radical (unpaired) electrons. The third-order valence-electron chi connectivity index (χ3n) is 3.99. The molecule has 9 heteroatoms. The van der Waals surface area contributed by atoms with Gasteiger partial charge in [0.05, 0.1) is 10.8 Å². The van der Waals surface area contributed by atoms with Crippen LogP contribution in [0, 0.1) is 6.92 Å². The second-order valence-corrected chi connectivity index (χ2v) is 8.15. The van der Waals surface area contributed by atoms with Gasteiger partial charge in [-0.2, -0.15) is 0 Å². The molecule has 1 amide bonds. The summed E-state index contributed by atoms with van der Waals surface area (Å²) in [7, 11) is 0. The van der Waals surface area contributed by atoms with Gasteiger partial charge in [0.1, 0.15) is 12.4 Å². The van der Waals surface area contributed by atoms with Crippen molar-refractivity contribution in [3.05, 3.63) is 76.6 Å². The number of amides is 1. The average molecular weight is 463 g/mol. The van der Waals surface area contributed by atoms with Gasteiger partial charge in [0.15, 0.2) is 11.0 Å². The Labute approximate surface area is 189 Å². The van der Waals surface area contributed by atoms with Gasteiger partial charge in [0.25, 0.3) is 0 Å². The first-order valence-electron chi connectivity index (χ1n) is 9.06. The largest absolute Gasteiger partial charge is 0.484 e. The van der Waals surface area contributed by atoms with E-state index in [1.54, 1.807) is 24.3 Å². The van der Waals surface area contributed by atoms with Crippen LogP contribution in [0.3, 0.4) is 0 Å². The third-order valence-corrected chi connectivity index (χ3v) is 5.50. The molecule has 0 spiro atoms. The van der Waals surface area contributed by atoms with E-state index in [2.05, 4.69) is 22.1 Å². The van der Waals surface area contributed by atoms with Crippen LogP contribution in [0.5, 0.6) is 5.75 Å². The van der Waals surface area contributed by atoms with Crippen molar-refractivity contribution < 1.29 is 9.53 Å². The number of thioether (sulfide) groups is 1. The fourth-order valence-electron chi connectivity index (χ4n) is 2.63. The Balaban J connectivity index is 1.64. The molecule has 1 heterocycles. The molecule has 2 aromatic carbocycles. The summed E-state index contributed by atoms with van der Waals surface area (Å²) in [4.78, 5) is 12.3. The van der Waals surface area contributed by atoms with Crippen LogP contribution in [0.2, 0.25) is 10.0 Å². The zero-order valence-electron chi connectivity index (χ0n) is 16.3. The fourth-order valence-corrected chi connectivity index (χ4v) is 3.73. The average Bonchev–Trinajstić information content (AvgIpc) is 3.09. The predicted molar refractivity (Wildman–Crippen MR) is 122 cm³/mol. The van der Waals surface area contributed by atoms with Crippen LogP contribution < -0.4 is 10.1 Å². The predicted octanol–water partition coefficient (Wildman–Crippen LogP) is 5.39. The molecular formula is C21H20Cl2N4O2S. The molecule has 30 heavy (non-hydrogen) atoms. The quantitative estimate of drug-likeness (QED) is 0.341. The smallest absolute Gasteiger partial charge is 0.234 e. The van der Waals surface area contributed by atoms with E-state index in [1.165, 1.54) is 11.8 Å². The Morgan fingerprint density at radius 1 is 1.27 bits per heavy atom. The van der Waals surface area contributed by atoms with Crippen LogP contribution in [-0.4, -0.2) is 26.4 Å². The van der Waals surface area contributed by atoms with E-state index >= 15 is 0 Å². The van der Waals surface area contributed by atoms with Crippen molar-refractivity contribution >= 4 is 46.6 Å². The van der Waals surface area contributed by atoms with Crippen molar-refractivity contribution in [2.45, 2.75) is 25.2 Å². The molecule has 0 aliphatic rings. The number of aromatic nitrogens is 3. The highest BCUT2D eigenvalue weighted by atomic mass is 35.5. The zero-order valence-corrected chi connectivity index (χ0v) is 18.6. The lowest BCUT2D eigenvalue weighted by molar-refractivity contribution is -0.113. The topological polar surface area (TPSA) is 69.0 Å². The molecule has 3 rings (SSSR count). The summed E-state index contributed by atoms with van der Waals surface area (Å²) < 4.78 is 7.60. The third kappa shape index (κ3) is 6.01. The van der Waals surface area contributed by atoms with E-state index in [4.69, 9.17) is 27.9 Å². The summed E-state index contributed by atoms with van der Waals surface area (Å²) in [6.45, 7) is 6.38. The maximum Gasteiger partial charge on any atom is 0.234 e. The Morgan fingerprint density at radius 2 is 2.10 bits per heavy atom. The number of ether oxygens (including phenoxy) is 1. The van der Waals surface area contributed by atoms with Gasteiger partial charge in [-0.1, -0.05) is 53.2 Å². The number of carbonyl (C=O) groups excluding carboxylic acids is 1. The minimum Gasteiger partial charge on any atom is -0.484 e. The second-order valence-electron chi connectivity index (χ2n) is 6.37. The number of hydrogen-bond donors (Lipinski definition) is 1. The van der Waals surface area contributed by atoms with Gasteiger partial charge in [0, 0.05) is 23.3 Å². The molecule has 0 bridgehead atoms. The minimum atomic E-state index is -0.123. The Hall–Kier alpha value is -2.48. The lowest BCUT2D eigenvalue weighted by Crippen LogP contribution is -2.15. The number of carbonyl (C=O) groups is 1. The van der Waals surface area contributed by atoms with Gasteiger partial charge >= 0.3 is 0 Å². The molecule has 0 fully saturated rings. The van der Waals surface area contributed by atoms with Crippen molar-refractivity contribution in [1.29, 1.82) is 0 Å². The van der Waals surface area contributed by atoms with Crippen molar-refractivity contribution in [1.82, 2.24) is 14.8 Å². The summed E-state index contributed by atoms with van der Waals surface area (Å²) in [5.41, 5.74) is 1.84. The number of benzene rings is 2. The molecule has 3 aromatic rings. The Kier molecular flexibility index (Phi) is 7.79. The van der Waals surface area contributed by atoms with Crippen molar-refractivity contribution in [2.75, 3.05) is 11.1 Å². The van der Waals surface area contributed by atoms with Gasteiger partial charge in [-0.15, -0.1) is 16.8 Å². The van der Waals surface area contributed by atoms with Gasteiger partial charge in [-0.25, -0.2) is 0 Å². The van der Waals surface area contributed by atoms with E-state index in [9.17, 15) is 4.79 Å². The first-order chi connectivity index (χ1) is 14.5. The SMILES string of the molecule is C=CCn1c(COc2cc(Cl)ccc2Cl)nnc1SCC(=O)Nc1cccc(C)c1. The molecule has 0 atom stereocenters. The van der Waals surface area contributed by atoms with Gasteiger partial charge in [-0.05, 0) is 36.8 Å². The number of halogens is 2. The lowest BCUT2D eigenvalue weighted by Gasteiger charge is -2.10. The molecular weight excluding hydrogens is 443 g/mol. The number of rotatable bonds is 9. The van der Waals surface area contributed by atoms with Gasteiger partial charge in [-0.3, -0.25) is 9.36 Å². The summed E-state index contributed by atoms with van der Waals surface area (Å²) in [5, 5.41) is 12.8. The highest BCUT2D eigenvalue weighted by Gasteiger charge is 2.15. The fraction of sp³-hybridized carbons (Fsp3) is 0.190. The minimum absolute atomic E-state index is 0.123. The summed E-state index contributed by atoms with van der Waals surface area (Å²) in [6, 6.07) is 12.6. The van der Waals surface area contributed by atoms with Crippen LogP contribution in [-0.2, 0) is 17.9 Å². The highest BCUT2D eigenvalue weighted by molar-refractivity contribution is 7.99. The number of nitrogens with one attached hydrogen (secondary N) is 1. The number of hydrogen-bond acceptors (Lipinski definition) is 5. The van der Waals surface area contributed by atoms with Crippen LogP contribution in [0.25, 0.3) is 0 Å². The number of aryl methyl sites for hydroxylation is 1. The summed E-state index contributed by atoms with van der Waals surface area (Å²) in [6.07, 6.45) is 1.73. The van der Waals surface area contributed by atoms with Gasteiger partial charge < -0.3 is 10.1 Å². The standard InChI is InChI=1S/C21H20Cl2N4O2S/c1-3-9-27-19(12-29-18-11-15(22)7-8-17(18)23)25-26-21(27)30-13-20(28)24-16-6-4-5-14(2)10-16/h3-8,10-11H,1,9,12-13H2,2H3,(H,24,28). The molecule has 1 aromatic heterocycles. The van der Waals surface area contributed by atoms with Crippen molar-refractivity contribution in [3.8, 4) is 5.75 Å². The normalized spacial score (nSPS) is 10.6. The molecule has 0 aliphatic carbocycles. The maximum atomic E-state index is 12.3. The van der Waals surface area contributed by atoms with Crippen molar-refractivity contribution in [2.24, 2.45) is 0 Å². The molecule has 6 nitrogen and oxygen atoms in total. The monoisotopic (exact) mass is 462 g/mol. The lowest BCUT2D eigenvalue weighted by atomic mass is 10.2. The Bertz CT molecular complexity index is 1060. The molecule has 1 N–H and O–H groups in total. The summed E-state index contributed by atoms with van der Waals surface area (Å²) in [5.74, 6) is 1.13. The first-order valence-corrected chi connectivity index (χ1v) is 10.8. The maximum absolute atomic E-state index is 12.3. The summed E-state index contributed by atoms with van der Waals surface area (Å²) >= 11 is 13.4. The number of allylic oxidation sites excluding steroid dienone is 1. The Morgan fingerprint density at radius 3 is 2.87 bits per heavy atom. The van der Waals surface area contributed by atoms with E-state index in [-0.39, 0.29) is 18.3 Å². The molecule has 0 saturated heterocycles. The highest BCUT2D eigenvalue weighted by Crippen LogP contribution is 2.28. The van der Waals surface area contributed by atoms with Crippen LogP contribution in [0.1, 0.15) is 11.4 Å². The molecule has 0 saturated carbocycles. The first kappa shape index (κ1) is 22.2. The molecule has 0 unspecified atom stereocenters. The van der Waals surface area contributed by atoms with Crippen molar-refractivity contribution in [3.63, 3.8) is 0 Å². The van der Waals surface area contributed by atoms with E-state index < -0.39 is 0 Å². The van der Waals surface area contributed by atoms with Crippen LogP contribution >= 0.6 is 35.0 Å². The van der Waals surface area contributed by atoms with E-state index in [0.29, 0.717) is 33.3 Å². The van der Waals surface area contributed by atoms with Gasteiger partial charge in [0.2, 0.25) is 5.91 Å². The second kappa shape index (κ2) is 10.5. The van der Waals surface area contributed by atoms with E-state index in [1.807, 2.05) is 35.8 Å². The molecule has 156 valence electrons. The zero-order chi connectivity index (χ0) is 21.5. The van der Waals surface area contributed by atoms with Crippen LogP contribution in [0.15, 0.2) is 60.3 Å². The molecule has 0 aliphatic heterocycles. The number of anilines is 1. The number of nitrogens with zero attached hydrogens (tertiary/aromatic N) is 3. The van der Waals surface area contributed by atoms with Crippen LogP contribution in [0.4, 0.5) is 5.69 Å². The van der Waals surface area contributed by atoms with E-state index in [0.717, 1.165) is 11.3 Å².